The second kappa shape index (κ2) is 7.41. The lowest BCUT2D eigenvalue weighted by molar-refractivity contribution is -0.122. The number of unbranched alkanes of at least 4 members (excludes halogenated alkanes) is 2. The summed E-state index contributed by atoms with van der Waals surface area (Å²) in [4.78, 5) is 14.2. The highest BCUT2D eigenvalue weighted by Gasteiger charge is 2.41. The van der Waals surface area contributed by atoms with Crippen LogP contribution in [-0.4, -0.2) is 47.7 Å². The number of hydrogen-bond donors (Lipinski definition) is 2. The van der Waals surface area contributed by atoms with Crippen LogP contribution in [0.1, 0.15) is 52.4 Å². The van der Waals surface area contributed by atoms with Gasteiger partial charge in [-0.05, 0) is 32.1 Å². The van der Waals surface area contributed by atoms with Crippen LogP contribution in [0.15, 0.2) is 0 Å². The number of rotatable bonds is 7. The predicted octanol–water partition coefficient (Wildman–Crippen LogP) is 1.77. The Labute approximate surface area is 122 Å². The first-order valence-corrected chi connectivity index (χ1v) is 8.30. The molecule has 1 heterocycles. The van der Waals surface area contributed by atoms with E-state index in [2.05, 4.69) is 24.1 Å². The molecule has 0 bridgehead atoms. The van der Waals surface area contributed by atoms with Crippen molar-refractivity contribution in [3.63, 3.8) is 0 Å². The van der Waals surface area contributed by atoms with Crippen LogP contribution in [0.4, 0.5) is 0 Å². The van der Waals surface area contributed by atoms with E-state index >= 15 is 0 Å². The lowest BCUT2D eigenvalue weighted by Gasteiger charge is -2.19. The van der Waals surface area contributed by atoms with Crippen molar-refractivity contribution in [3.8, 4) is 0 Å². The van der Waals surface area contributed by atoms with E-state index in [-0.39, 0.29) is 18.1 Å². The van der Waals surface area contributed by atoms with Gasteiger partial charge in [0.2, 0.25) is 5.91 Å². The first-order chi connectivity index (χ1) is 9.60. The van der Waals surface area contributed by atoms with Crippen molar-refractivity contribution in [1.82, 2.24) is 10.2 Å². The van der Waals surface area contributed by atoms with Crippen LogP contribution >= 0.6 is 0 Å². The highest BCUT2D eigenvalue weighted by Crippen LogP contribution is 2.37. The highest BCUT2D eigenvalue weighted by atomic mass is 16.3. The highest BCUT2D eigenvalue weighted by molar-refractivity contribution is 5.78. The quantitative estimate of drug-likeness (QED) is 0.700. The van der Waals surface area contributed by atoms with Gasteiger partial charge in [-0.3, -0.25) is 9.69 Å². The molecule has 2 N–H and O–H groups in total. The van der Waals surface area contributed by atoms with Gasteiger partial charge in [0.25, 0.3) is 0 Å². The molecular formula is C16H30N2O2. The molecule has 1 saturated carbocycles. The van der Waals surface area contributed by atoms with Crippen molar-refractivity contribution in [2.24, 2.45) is 11.8 Å². The molecule has 4 nitrogen and oxygen atoms in total. The first-order valence-electron chi connectivity index (χ1n) is 8.30. The Morgan fingerprint density at radius 3 is 2.85 bits per heavy atom. The van der Waals surface area contributed by atoms with Crippen LogP contribution in [-0.2, 0) is 4.79 Å². The van der Waals surface area contributed by atoms with Gasteiger partial charge in [-0.2, -0.15) is 0 Å². The number of fused-ring (bicyclic) bond motifs is 1. The van der Waals surface area contributed by atoms with E-state index in [1.54, 1.807) is 0 Å². The summed E-state index contributed by atoms with van der Waals surface area (Å²) in [6, 6.07) is 0.279. The molecule has 0 radical (unpaired) electrons. The molecule has 2 fully saturated rings. The average Bonchev–Trinajstić information content (AvgIpc) is 2.92. The zero-order valence-corrected chi connectivity index (χ0v) is 13.0. The molecule has 0 aromatic heterocycles. The van der Waals surface area contributed by atoms with Crippen molar-refractivity contribution in [3.05, 3.63) is 0 Å². The summed E-state index contributed by atoms with van der Waals surface area (Å²) >= 11 is 0. The summed E-state index contributed by atoms with van der Waals surface area (Å²) in [6.45, 7) is 6.67. The van der Waals surface area contributed by atoms with E-state index < -0.39 is 0 Å². The Bertz CT molecular complexity index is 322. The first kappa shape index (κ1) is 15.8. The summed E-state index contributed by atoms with van der Waals surface area (Å²) < 4.78 is 0. The monoisotopic (exact) mass is 282 g/mol. The Hall–Kier alpha value is -0.610. The molecule has 20 heavy (non-hydrogen) atoms. The maximum atomic E-state index is 12.0. The molecule has 0 aromatic carbocycles. The summed E-state index contributed by atoms with van der Waals surface area (Å²) in [7, 11) is 0. The third-order valence-electron chi connectivity index (χ3n) is 4.91. The fourth-order valence-electron chi connectivity index (χ4n) is 3.75. The molecular weight excluding hydrogens is 252 g/mol. The van der Waals surface area contributed by atoms with E-state index in [0.717, 1.165) is 32.4 Å². The number of hydrogen-bond acceptors (Lipinski definition) is 3. The zero-order valence-electron chi connectivity index (χ0n) is 13.0. The van der Waals surface area contributed by atoms with Crippen molar-refractivity contribution < 1.29 is 9.90 Å². The molecule has 4 unspecified atom stereocenters. The lowest BCUT2D eigenvalue weighted by Crippen LogP contribution is -2.40. The van der Waals surface area contributed by atoms with Gasteiger partial charge in [0.05, 0.1) is 12.6 Å². The van der Waals surface area contributed by atoms with Gasteiger partial charge in [-0.15, -0.1) is 0 Å². The standard InChI is InChI=1S/C16H30N2O2/c1-3-4-5-6-12(2)17-16(20)11-18-9-13-7-8-15(19)14(13)10-18/h12-15,19H,3-11H2,1-2H3,(H,17,20). The lowest BCUT2D eigenvalue weighted by atomic mass is 10.00. The summed E-state index contributed by atoms with van der Waals surface area (Å²) in [6.07, 6.45) is 6.66. The molecule has 2 aliphatic rings. The fourth-order valence-corrected chi connectivity index (χ4v) is 3.75. The van der Waals surface area contributed by atoms with Gasteiger partial charge in [-0.1, -0.05) is 26.2 Å². The van der Waals surface area contributed by atoms with Gasteiger partial charge in [0.15, 0.2) is 0 Å². The Morgan fingerprint density at radius 2 is 2.15 bits per heavy atom. The molecule has 116 valence electrons. The van der Waals surface area contributed by atoms with Gasteiger partial charge in [0, 0.05) is 25.0 Å². The van der Waals surface area contributed by atoms with E-state index in [1.807, 2.05) is 0 Å². The van der Waals surface area contributed by atoms with Crippen molar-refractivity contribution >= 4 is 5.91 Å². The smallest absolute Gasteiger partial charge is 0.234 e. The molecule has 4 heteroatoms. The number of aliphatic hydroxyl groups is 1. The Kier molecular flexibility index (Phi) is 5.85. The number of nitrogens with one attached hydrogen (secondary N) is 1. The third-order valence-corrected chi connectivity index (χ3v) is 4.91. The molecule has 1 saturated heterocycles. The molecule has 0 spiro atoms. The normalized spacial score (nSPS) is 31.2. The minimum atomic E-state index is -0.138. The van der Waals surface area contributed by atoms with E-state index in [9.17, 15) is 9.90 Å². The number of likely N-dealkylation sites (tertiary alicyclic amines) is 1. The topological polar surface area (TPSA) is 52.6 Å². The van der Waals surface area contributed by atoms with Crippen molar-refractivity contribution in [2.45, 2.75) is 64.5 Å². The summed E-state index contributed by atoms with van der Waals surface area (Å²) in [5, 5.41) is 13.0. The molecule has 1 aliphatic carbocycles. The summed E-state index contributed by atoms with van der Waals surface area (Å²) in [5.74, 6) is 1.16. The second-order valence-electron chi connectivity index (χ2n) is 6.73. The van der Waals surface area contributed by atoms with Crippen LogP contribution in [0.2, 0.25) is 0 Å². The van der Waals surface area contributed by atoms with E-state index in [4.69, 9.17) is 0 Å². The van der Waals surface area contributed by atoms with Gasteiger partial charge >= 0.3 is 0 Å². The van der Waals surface area contributed by atoms with Crippen molar-refractivity contribution in [2.75, 3.05) is 19.6 Å². The van der Waals surface area contributed by atoms with Crippen LogP contribution in [0.25, 0.3) is 0 Å². The largest absolute Gasteiger partial charge is 0.393 e. The third kappa shape index (κ3) is 4.19. The SMILES string of the molecule is CCCCCC(C)NC(=O)CN1CC2CCC(O)C2C1. The molecule has 4 atom stereocenters. The fraction of sp³-hybridized carbons (Fsp3) is 0.938. The van der Waals surface area contributed by atoms with E-state index in [1.165, 1.54) is 19.3 Å². The maximum Gasteiger partial charge on any atom is 0.234 e. The zero-order chi connectivity index (χ0) is 14.5. The Balaban J connectivity index is 1.65. The number of carbonyl (C=O) groups excluding carboxylic acids is 1. The van der Waals surface area contributed by atoms with Crippen LogP contribution in [0.3, 0.4) is 0 Å². The van der Waals surface area contributed by atoms with Gasteiger partial charge in [0.1, 0.15) is 0 Å². The predicted molar refractivity (Wildman–Crippen MR) is 80.4 cm³/mol. The molecule has 2 rings (SSSR count). The van der Waals surface area contributed by atoms with Crippen LogP contribution in [0, 0.1) is 11.8 Å². The summed E-state index contributed by atoms with van der Waals surface area (Å²) in [5.41, 5.74) is 0. The minimum absolute atomic E-state index is 0.138. The molecule has 1 aliphatic heterocycles. The van der Waals surface area contributed by atoms with Crippen LogP contribution < -0.4 is 5.32 Å². The van der Waals surface area contributed by atoms with E-state index in [0.29, 0.717) is 18.4 Å². The number of aliphatic hydroxyl groups excluding tert-OH is 1. The maximum absolute atomic E-state index is 12.0. The minimum Gasteiger partial charge on any atom is -0.393 e. The molecule has 1 amide bonds. The Morgan fingerprint density at radius 1 is 1.35 bits per heavy atom. The second-order valence-corrected chi connectivity index (χ2v) is 6.73. The van der Waals surface area contributed by atoms with Gasteiger partial charge in [-0.25, -0.2) is 0 Å². The number of amides is 1. The number of nitrogens with zero attached hydrogens (tertiary/aromatic N) is 1. The molecule has 0 aromatic rings. The number of carbonyl (C=O) groups is 1. The van der Waals surface area contributed by atoms with Crippen LogP contribution in [0.5, 0.6) is 0 Å². The van der Waals surface area contributed by atoms with Gasteiger partial charge < -0.3 is 10.4 Å². The van der Waals surface area contributed by atoms with Crippen molar-refractivity contribution in [1.29, 1.82) is 0 Å². The average molecular weight is 282 g/mol.